The van der Waals surface area contributed by atoms with Gasteiger partial charge in [-0.2, -0.15) is 0 Å². The second-order valence-corrected chi connectivity index (χ2v) is 7.83. The smallest absolute Gasteiger partial charge is 0.319 e. The number of anilines is 1. The molecule has 0 aliphatic carbocycles. The summed E-state index contributed by atoms with van der Waals surface area (Å²) < 4.78 is 0. The van der Waals surface area contributed by atoms with E-state index in [4.69, 9.17) is 11.6 Å². The average molecular weight is 368 g/mol. The molecule has 0 bridgehead atoms. The maximum absolute atomic E-state index is 12.4. The molecule has 1 saturated heterocycles. The lowest BCUT2D eigenvalue weighted by Crippen LogP contribution is -2.43. The lowest BCUT2D eigenvalue weighted by atomic mass is 10.1. The number of hydrogen-bond donors (Lipinski definition) is 3. The molecule has 3 amide bonds. The van der Waals surface area contributed by atoms with Gasteiger partial charge in [-0.05, 0) is 57.7 Å². The molecule has 0 spiro atoms. The molecule has 1 aliphatic heterocycles. The number of urea groups is 1. The van der Waals surface area contributed by atoms with Gasteiger partial charge in [0.05, 0.1) is 17.1 Å². The maximum atomic E-state index is 12.4. The van der Waals surface area contributed by atoms with Gasteiger partial charge < -0.3 is 20.6 Å². The molecule has 0 saturated carbocycles. The second kappa shape index (κ2) is 7.95. The van der Waals surface area contributed by atoms with Gasteiger partial charge in [0.1, 0.15) is 0 Å². The number of halogens is 1. The molecule has 1 aliphatic rings. The van der Waals surface area contributed by atoms with Gasteiger partial charge >= 0.3 is 6.03 Å². The summed E-state index contributed by atoms with van der Waals surface area (Å²) >= 11 is 6.06. The summed E-state index contributed by atoms with van der Waals surface area (Å²) in [6.07, 6.45) is 3.41. The van der Waals surface area contributed by atoms with Gasteiger partial charge in [-0.25, -0.2) is 4.79 Å². The van der Waals surface area contributed by atoms with Crippen molar-refractivity contribution in [3.05, 3.63) is 22.7 Å². The molecule has 2 rings (SSSR count). The third-order valence-electron chi connectivity index (χ3n) is 3.92. The fourth-order valence-electron chi connectivity index (χ4n) is 2.78. The number of hydrogen-bond acceptors (Lipinski definition) is 3. The molecule has 7 heteroatoms. The Kier molecular flexibility index (Phi) is 6.16. The van der Waals surface area contributed by atoms with Gasteiger partial charge in [-0.3, -0.25) is 4.79 Å². The van der Waals surface area contributed by atoms with Crippen molar-refractivity contribution >= 4 is 29.2 Å². The summed E-state index contributed by atoms with van der Waals surface area (Å²) in [4.78, 5) is 26.3. The molecule has 0 aromatic heterocycles. The van der Waals surface area contributed by atoms with Crippen LogP contribution in [0.5, 0.6) is 5.75 Å². The van der Waals surface area contributed by atoms with Crippen LogP contribution in [0.2, 0.25) is 5.02 Å². The van der Waals surface area contributed by atoms with E-state index in [1.165, 1.54) is 0 Å². The zero-order valence-electron chi connectivity index (χ0n) is 15.0. The number of amides is 3. The minimum Gasteiger partial charge on any atom is -0.504 e. The minimum atomic E-state index is -0.446. The summed E-state index contributed by atoms with van der Waals surface area (Å²) in [5.41, 5.74) is 0.436. The summed E-state index contributed by atoms with van der Waals surface area (Å²) in [5, 5.41) is 15.5. The van der Waals surface area contributed by atoms with Crippen LogP contribution in [0.4, 0.5) is 10.5 Å². The third-order valence-corrected chi connectivity index (χ3v) is 4.21. The first-order valence-corrected chi connectivity index (χ1v) is 8.92. The number of phenolic OH excluding ortho intramolecular Hbond substituents is 1. The Labute approximate surface area is 153 Å². The van der Waals surface area contributed by atoms with E-state index in [0.29, 0.717) is 5.56 Å². The Hall–Kier alpha value is -1.95. The average Bonchev–Trinajstić information content (AvgIpc) is 2.51. The molecule has 1 aromatic carbocycles. The van der Waals surface area contributed by atoms with Crippen molar-refractivity contribution in [3.63, 3.8) is 0 Å². The number of nitrogens with one attached hydrogen (secondary N) is 2. The first-order valence-electron chi connectivity index (χ1n) is 8.54. The first-order chi connectivity index (χ1) is 11.7. The monoisotopic (exact) mass is 367 g/mol. The summed E-state index contributed by atoms with van der Waals surface area (Å²) in [6.45, 7) is 7.13. The maximum Gasteiger partial charge on any atom is 0.319 e. The normalized spacial score (nSPS) is 15.0. The molecular weight excluding hydrogens is 342 g/mol. The number of nitrogens with zero attached hydrogens (tertiary/aromatic N) is 1. The summed E-state index contributed by atoms with van der Waals surface area (Å²) in [6, 6.07) is 2.70. The standard InChI is InChI=1S/C18H26ClN3O3/c1-18(2,3)21-17(25)20-14-10-12(9-13(19)16(14)24)11-15(23)22-7-5-4-6-8-22/h9-10,24H,4-8,11H2,1-3H3,(H2,20,21,25). The van der Waals surface area contributed by atoms with Crippen molar-refractivity contribution in [1.29, 1.82) is 0 Å². The molecule has 0 atom stereocenters. The molecule has 138 valence electrons. The van der Waals surface area contributed by atoms with E-state index >= 15 is 0 Å². The highest BCUT2D eigenvalue weighted by molar-refractivity contribution is 6.32. The highest BCUT2D eigenvalue weighted by atomic mass is 35.5. The van der Waals surface area contributed by atoms with Crippen LogP contribution in [-0.2, 0) is 11.2 Å². The largest absolute Gasteiger partial charge is 0.504 e. The molecule has 6 nitrogen and oxygen atoms in total. The number of carbonyl (C=O) groups is 2. The molecule has 1 aromatic rings. The predicted molar refractivity (Wildman–Crippen MR) is 99.2 cm³/mol. The van der Waals surface area contributed by atoms with Crippen molar-refractivity contribution in [2.75, 3.05) is 18.4 Å². The predicted octanol–water partition coefficient (Wildman–Crippen LogP) is 3.52. The van der Waals surface area contributed by atoms with Crippen LogP contribution in [0.3, 0.4) is 0 Å². The van der Waals surface area contributed by atoms with E-state index in [-0.39, 0.29) is 28.8 Å². The van der Waals surface area contributed by atoms with E-state index < -0.39 is 11.6 Å². The fraction of sp³-hybridized carbons (Fsp3) is 0.556. The van der Waals surface area contributed by atoms with Crippen molar-refractivity contribution in [1.82, 2.24) is 10.2 Å². The third kappa shape index (κ3) is 5.81. The number of benzene rings is 1. The van der Waals surface area contributed by atoms with E-state index in [2.05, 4.69) is 10.6 Å². The Morgan fingerprint density at radius 2 is 1.84 bits per heavy atom. The fourth-order valence-corrected chi connectivity index (χ4v) is 3.02. The number of phenols is 1. The van der Waals surface area contributed by atoms with Gasteiger partial charge in [0.2, 0.25) is 5.91 Å². The molecule has 1 fully saturated rings. The Morgan fingerprint density at radius 3 is 2.44 bits per heavy atom. The SMILES string of the molecule is CC(C)(C)NC(=O)Nc1cc(CC(=O)N2CCCCC2)cc(Cl)c1O. The van der Waals surface area contributed by atoms with E-state index in [0.717, 1.165) is 32.4 Å². The lowest BCUT2D eigenvalue weighted by Gasteiger charge is -2.27. The number of aromatic hydroxyl groups is 1. The molecule has 0 unspecified atom stereocenters. The Morgan fingerprint density at radius 1 is 1.20 bits per heavy atom. The van der Waals surface area contributed by atoms with Crippen molar-refractivity contribution in [2.24, 2.45) is 0 Å². The molecule has 25 heavy (non-hydrogen) atoms. The zero-order valence-corrected chi connectivity index (χ0v) is 15.7. The lowest BCUT2D eigenvalue weighted by molar-refractivity contribution is -0.131. The first kappa shape index (κ1) is 19.4. The van der Waals surface area contributed by atoms with Crippen LogP contribution < -0.4 is 10.6 Å². The van der Waals surface area contributed by atoms with Crippen molar-refractivity contribution < 1.29 is 14.7 Å². The second-order valence-electron chi connectivity index (χ2n) is 7.42. The van der Waals surface area contributed by atoms with Crippen LogP contribution in [0, 0.1) is 0 Å². The molecular formula is C18H26ClN3O3. The van der Waals surface area contributed by atoms with Crippen LogP contribution in [0.25, 0.3) is 0 Å². The quantitative estimate of drug-likeness (QED) is 0.715. The van der Waals surface area contributed by atoms with Gasteiger partial charge in [-0.1, -0.05) is 11.6 Å². The van der Waals surface area contributed by atoms with Gasteiger partial charge in [-0.15, -0.1) is 0 Å². The van der Waals surface area contributed by atoms with E-state index in [1.807, 2.05) is 25.7 Å². The zero-order chi connectivity index (χ0) is 18.6. The van der Waals surface area contributed by atoms with Crippen LogP contribution in [-0.4, -0.2) is 40.6 Å². The number of likely N-dealkylation sites (tertiary alicyclic amines) is 1. The van der Waals surface area contributed by atoms with Crippen molar-refractivity contribution in [2.45, 2.75) is 52.0 Å². The van der Waals surface area contributed by atoms with E-state index in [1.54, 1.807) is 12.1 Å². The summed E-state index contributed by atoms with van der Waals surface area (Å²) in [7, 11) is 0. The Bertz CT molecular complexity index is 650. The Balaban J connectivity index is 2.11. The van der Waals surface area contributed by atoms with Gasteiger partial charge in [0.15, 0.2) is 5.75 Å². The summed E-state index contributed by atoms with van der Waals surface area (Å²) in [5.74, 6) is -0.175. The van der Waals surface area contributed by atoms with Crippen LogP contribution >= 0.6 is 11.6 Å². The number of piperidine rings is 1. The number of rotatable bonds is 3. The van der Waals surface area contributed by atoms with Crippen LogP contribution in [0.1, 0.15) is 45.6 Å². The molecule has 1 heterocycles. The molecule has 3 N–H and O–H groups in total. The van der Waals surface area contributed by atoms with Crippen LogP contribution in [0.15, 0.2) is 12.1 Å². The minimum absolute atomic E-state index is 0.0338. The number of carbonyl (C=O) groups excluding carboxylic acids is 2. The topological polar surface area (TPSA) is 81.7 Å². The van der Waals surface area contributed by atoms with Gasteiger partial charge in [0.25, 0.3) is 0 Å². The highest BCUT2D eigenvalue weighted by Crippen LogP contribution is 2.33. The van der Waals surface area contributed by atoms with Crippen molar-refractivity contribution in [3.8, 4) is 5.75 Å². The van der Waals surface area contributed by atoms with E-state index in [9.17, 15) is 14.7 Å². The van der Waals surface area contributed by atoms with Gasteiger partial charge in [0, 0.05) is 18.6 Å². The highest BCUT2D eigenvalue weighted by Gasteiger charge is 2.20. The molecule has 0 radical (unpaired) electrons.